The number of hydrogen-bond acceptors (Lipinski definition) is 3. The number of halogens is 3. The molecule has 104 valence electrons. The summed E-state index contributed by atoms with van der Waals surface area (Å²) in [6.45, 7) is 0.971. The molecule has 1 amide bonds. The average Bonchev–Trinajstić information content (AvgIpc) is 2.80. The minimum atomic E-state index is -4.17. The number of alkyl halides is 3. The lowest BCUT2D eigenvalue weighted by Crippen LogP contribution is -2.53. The van der Waals surface area contributed by atoms with Crippen LogP contribution < -0.4 is 0 Å². The van der Waals surface area contributed by atoms with Gasteiger partial charge in [-0.05, 0) is 12.8 Å². The Kier molecular flexibility index (Phi) is 4.11. The standard InChI is InChI=1S/C11H17F3N2O2/c12-11(13,14)8-15-3-5-16(6-4-15)10(17)9-2-1-7-18-9/h9H,1-8H2/t9-/m0/s1. The first kappa shape index (κ1) is 13.6. The summed E-state index contributed by atoms with van der Waals surface area (Å²) >= 11 is 0. The molecule has 0 aliphatic carbocycles. The SMILES string of the molecule is O=C([C@@H]1CCCO1)N1CCN(CC(F)(F)F)CC1. The van der Waals surface area contributed by atoms with Crippen LogP contribution in [0.4, 0.5) is 13.2 Å². The maximum Gasteiger partial charge on any atom is 0.401 e. The lowest BCUT2D eigenvalue weighted by atomic mass is 10.2. The van der Waals surface area contributed by atoms with Gasteiger partial charge in [0.1, 0.15) is 6.10 Å². The third-order valence-corrected chi connectivity index (χ3v) is 3.29. The van der Waals surface area contributed by atoms with E-state index in [0.29, 0.717) is 19.7 Å². The topological polar surface area (TPSA) is 32.8 Å². The van der Waals surface area contributed by atoms with Crippen molar-refractivity contribution in [3.63, 3.8) is 0 Å². The first-order chi connectivity index (χ1) is 8.46. The van der Waals surface area contributed by atoms with Crippen LogP contribution in [0.3, 0.4) is 0 Å². The van der Waals surface area contributed by atoms with Crippen LogP contribution in [0.1, 0.15) is 12.8 Å². The van der Waals surface area contributed by atoms with Gasteiger partial charge in [0, 0.05) is 32.8 Å². The lowest BCUT2D eigenvalue weighted by molar-refractivity contribution is -0.154. The minimum Gasteiger partial charge on any atom is -0.368 e. The van der Waals surface area contributed by atoms with Gasteiger partial charge in [-0.15, -0.1) is 0 Å². The minimum absolute atomic E-state index is 0.0702. The van der Waals surface area contributed by atoms with Crippen LogP contribution in [-0.4, -0.2) is 67.3 Å². The summed E-state index contributed by atoms with van der Waals surface area (Å²) in [5.41, 5.74) is 0. The second-order valence-corrected chi connectivity index (χ2v) is 4.72. The molecule has 4 nitrogen and oxygen atoms in total. The Hall–Kier alpha value is -0.820. The smallest absolute Gasteiger partial charge is 0.368 e. The summed E-state index contributed by atoms with van der Waals surface area (Å²) in [6.07, 6.45) is -2.94. The van der Waals surface area contributed by atoms with Gasteiger partial charge >= 0.3 is 6.18 Å². The highest BCUT2D eigenvalue weighted by molar-refractivity contribution is 5.81. The number of carbonyl (C=O) groups is 1. The first-order valence-electron chi connectivity index (χ1n) is 6.15. The van der Waals surface area contributed by atoms with Gasteiger partial charge in [0.05, 0.1) is 6.54 Å². The zero-order valence-corrected chi connectivity index (χ0v) is 10.1. The van der Waals surface area contributed by atoms with E-state index in [9.17, 15) is 18.0 Å². The Morgan fingerprint density at radius 2 is 1.89 bits per heavy atom. The van der Waals surface area contributed by atoms with Crippen molar-refractivity contribution in [3.05, 3.63) is 0 Å². The molecule has 2 saturated heterocycles. The van der Waals surface area contributed by atoms with Gasteiger partial charge in [0.25, 0.3) is 5.91 Å². The van der Waals surface area contributed by atoms with Crippen LogP contribution >= 0.6 is 0 Å². The molecule has 0 spiro atoms. The predicted molar refractivity (Wildman–Crippen MR) is 58.0 cm³/mol. The van der Waals surface area contributed by atoms with E-state index in [0.717, 1.165) is 12.8 Å². The molecular weight excluding hydrogens is 249 g/mol. The third kappa shape index (κ3) is 3.58. The number of rotatable bonds is 2. The van der Waals surface area contributed by atoms with Gasteiger partial charge in [0.2, 0.25) is 0 Å². The summed E-state index contributed by atoms with van der Waals surface area (Å²) in [5, 5.41) is 0. The summed E-state index contributed by atoms with van der Waals surface area (Å²) in [6, 6.07) is 0. The first-order valence-corrected chi connectivity index (χ1v) is 6.15. The van der Waals surface area contributed by atoms with Crippen LogP contribution in [0.15, 0.2) is 0 Å². The molecule has 0 N–H and O–H groups in total. The highest BCUT2D eigenvalue weighted by Crippen LogP contribution is 2.19. The van der Waals surface area contributed by atoms with Gasteiger partial charge in [-0.3, -0.25) is 9.69 Å². The molecule has 0 aromatic carbocycles. The Balaban J connectivity index is 1.77. The fourth-order valence-corrected chi connectivity index (χ4v) is 2.36. The van der Waals surface area contributed by atoms with Gasteiger partial charge in [-0.2, -0.15) is 13.2 Å². The number of ether oxygens (including phenoxy) is 1. The largest absolute Gasteiger partial charge is 0.401 e. The molecule has 0 aromatic rings. The van der Waals surface area contributed by atoms with E-state index < -0.39 is 12.7 Å². The summed E-state index contributed by atoms with van der Waals surface area (Å²) in [4.78, 5) is 14.9. The molecule has 0 saturated carbocycles. The summed E-state index contributed by atoms with van der Waals surface area (Å²) in [5.74, 6) is -0.0702. The van der Waals surface area contributed by atoms with Crippen LogP contribution in [0.25, 0.3) is 0 Å². The zero-order valence-electron chi connectivity index (χ0n) is 10.1. The van der Waals surface area contributed by atoms with E-state index in [2.05, 4.69) is 0 Å². The molecule has 0 unspecified atom stereocenters. The van der Waals surface area contributed by atoms with Crippen molar-refractivity contribution < 1.29 is 22.7 Å². The highest BCUT2D eigenvalue weighted by Gasteiger charge is 2.34. The molecule has 0 aromatic heterocycles. The summed E-state index contributed by atoms with van der Waals surface area (Å²) < 4.78 is 41.9. The fraction of sp³-hybridized carbons (Fsp3) is 0.909. The Bertz CT molecular complexity index is 295. The van der Waals surface area contributed by atoms with Crippen molar-refractivity contribution in [2.45, 2.75) is 25.1 Å². The van der Waals surface area contributed by atoms with Crippen LogP contribution in [0.5, 0.6) is 0 Å². The maximum atomic E-state index is 12.2. The fourth-order valence-electron chi connectivity index (χ4n) is 2.36. The van der Waals surface area contributed by atoms with E-state index in [1.54, 1.807) is 4.90 Å². The molecule has 18 heavy (non-hydrogen) atoms. The lowest BCUT2D eigenvalue weighted by Gasteiger charge is -2.35. The van der Waals surface area contributed by atoms with E-state index in [1.807, 2.05) is 0 Å². The molecule has 2 aliphatic heterocycles. The maximum absolute atomic E-state index is 12.2. The monoisotopic (exact) mass is 266 g/mol. The van der Waals surface area contributed by atoms with Crippen molar-refractivity contribution in [2.75, 3.05) is 39.3 Å². The second kappa shape index (κ2) is 5.44. The number of carbonyl (C=O) groups excluding carboxylic acids is 1. The number of piperazine rings is 1. The molecule has 2 heterocycles. The molecule has 7 heteroatoms. The van der Waals surface area contributed by atoms with Gasteiger partial charge in [-0.25, -0.2) is 0 Å². The predicted octanol–water partition coefficient (Wildman–Crippen LogP) is 0.872. The van der Waals surface area contributed by atoms with Crippen LogP contribution in [0.2, 0.25) is 0 Å². The summed E-state index contributed by atoms with van der Waals surface area (Å²) in [7, 11) is 0. The molecule has 2 fully saturated rings. The van der Waals surface area contributed by atoms with E-state index >= 15 is 0 Å². The Morgan fingerprint density at radius 3 is 2.39 bits per heavy atom. The van der Waals surface area contributed by atoms with Crippen molar-refractivity contribution >= 4 is 5.91 Å². The van der Waals surface area contributed by atoms with E-state index in [1.165, 1.54) is 4.90 Å². The number of nitrogens with zero attached hydrogens (tertiary/aromatic N) is 2. The van der Waals surface area contributed by atoms with Gasteiger partial charge in [-0.1, -0.05) is 0 Å². The number of amides is 1. The van der Waals surface area contributed by atoms with Crippen LogP contribution in [-0.2, 0) is 9.53 Å². The Morgan fingerprint density at radius 1 is 1.22 bits per heavy atom. The van der Waals surface area contributed by atoms with Crippen molar-refractivity contribution in [1.29, 1.82) is 0 Å². The quantitative estimate of drug-likeness (QED) is 0.743. The average molecular weight is 266 g/mol. The third-order valence-electron chi connectivity index (χ3n) is 3.29. The van der Waals surface area contributed by atoms with Gasteiger partial charge < -0.3 is 9.64 Å². The molecule has 0 bridgehead atoms. The number of hydrogen-bond donors (Lipinski definition) is 0. The Labute approximate surface area is 104 Å². The molecular formula is C11H17F3N2O2. The van der Waals surface area contributed by atoms with Gasteiger partial charge in [0.15, 0.2) is 0 Å². The molecule has 1 atom stereocenters. The zero-order chi connectivity index (χ0) is 13.2. The second-order valence-electron chi connectivity index (χ2n) is 4.72. The normalized spacial score (nSPS) is 26.6. The van der Waals surface area contributed by atoms with E-state index in [4.69, 9.17) is 4.74 Å². The highest BCUT2D eigenvalue weighted by atomic mass is 19.4. The molecule has 0 radical (unpaired) electrons. The molecule has 2 aliphatic rings. The van der Waals surface area contributed by atoms with Crippen LogP contribution in [0, 0.1) is 0 Å². The van der Waals surface area contributed by atoms with Crippen molar-refractivity contribution in [2.24, 2.45) is 0 Å². The van der Waals surface area contributed by atoms with E-state index in [-0.39, 0.29) is 25.1 Å². The van der Waals surface area contributed by atoms with Crippen molar-refractivity contribution in [1.82, 2.24) is 9.80 Å². The molecule has 2 rings (SSSR count). The van der Waals surface area contributed by atoms with Crippen molar-refractivity contribution in [3.8, 4) is 0 Å².